The summed E-state index contributed by atoms with van der Waals surface area (Å²) in [5.41, 5.74) is 1.04. The molecule has 0 aromatic carbocycles. The van der Waals surface area contributed by atoms with Crippen molar-refractivity contribution in [3.05, 3.63) is 11.6 Å². The normalized spacial score (nSPS) is 33.3. The molecule has 2 amide bonds. The fourth-order valence-electron chi connectivity index (χ4n) is 5.02. The molecule has 0 aromatic rings. The number of ether oxygens (including phenoxy) is 1. The molecular weight excluding hydrogens is 468 g/mol. The van der Waals surface area contributed by atoms with E-state index in [1.165, 1.54) is 5.57 Å². The summed E-state index contributed by atoms with van der Waals surface area (Å²) >= 11 is 9.80. The summed E-state index contributed by atoms with van der Waals surface area (Å²) in [5.74, 6) is 0.781. The molecule has 10 heteroatoms. The number of allylic oxidation sites excluding steroid dienone is 1. The van der Waals surface area contributed by atoms with E-state index in [2.05, 4.69) is 21.7 Å². The molecular formula is C22H35ClN4O3S2. The Bertz CT molecular complexity index is 767. The van der Waals surface area contributed by atoms with Crippen LogP contribution in [0.2, 0.25) is 0 Å². The third-order valence-electron chi connectivity index (χ3n) is 6.40. The number of halogens is 1. The second-order valence-corrected chi connectivity index (χ2v) is 13.4. The number of aliphatic hydroxyl groups excluding tert-OH is 1. The molecule has 0 bridgehead atoms. The van der Waals surface area contributed by atoms with Crippen LogP contribution in [0.1, 0.15) is 46.5 Å². The van der Waals surface area contributed by atoms with Crippen LogP contribution in [0.15, 0.2) is 16.6 Å². The van der Waals surface area contributed by atoms with Crippen molar-refractivity contribution in [3.63, 3.8) is 0 Å². The smallest absolute Gasteiger partial charge is 0.323 e. The number of nitrogens with one attached hydrogen (secondary N) is 2. The first-order valence-electron chi connectivity index (χ1n) is 11.5. The Kier molecular flexibility index (Phi) is 7.74. The summed E-state index contributed by atoms with van der Waals surface area (Å²) in [6, 6.07) is 0.0926. The highest BCUT2D eigenvalue weighted by Gasteiger charge is 2.52. The lowest BCUT2D eigenvalue weighted by atomic mass is 9.76. The Morgan fingerprint density at radius 3 is 3.06 bits per heavy atom. The molecule has 2 saturated heterocycles. The standard InChI is InChI=1S/C22H35ClN4O3S2/c1-21(2,3)30-17(28)6-9-31-18-11-25-19(32-18)26-20(29)27-13-22(7-8-24-12-22)15-10-14(23)4-5-16(15)27/h10,14,16-18,24,28H,4-9,11-13H2,1-3H3,(H,25,26,29)/t14?,16?,17?,18?,22-/m1/s1. The highest BCUT2D eigenvalue weighted by Crippen LogP contribution is 2.48. The number of fused-ring (bicyclic) bond motifs is 2. The van der Waals surface area contributed by atoms with Gasteiger partial charge in [-0.15, -0.1) is 23.4 Å². The third kappa shape index (κ3) is 5.78. The van der Waals surface area contributed by atoms with Crippen molar-refractivity contribution in [2.75, 3.05) is 31.9 Å². The molecule has 4 rings (SSSR count). The third-order valence-corrected chi connectivity index (χ3v) is 9.30. The van der Waals surface area contributed by atoms with E-state index in [9.17, 15) is 9.90 Å². The van der Waals surface area contributed by atoms with Crippen LogP contribution in [0.3, 0.4) is 0 Å². The minimum Gasteiger partial charge on any atom is -0.368 e. The van der Waals surface area contributed by atoms with Crippen LogP contribution in [0.5, 0.6) is 0 Å². The fourth-order valence-corrected chi connectivity index (χ4v) is 7.59. The van der Waals surface area contributed by atoms with Crippen molar-refractivity contribution < 1.29 is 14.6 Å². The zero-order chi connectivity index (χ0) is 22.9. The minimum absolute atomic E-state index is 0.0363. The molecule has 5 atom stereocenters. The first-order chi connectivity index (χ1) is 15.2. The number of hydrogen-bond acceptors (Lipinski definition) is 7. The van der Waals surface area contributed by atoms with Crippen molar-refractivity contribution in [2.24, 2.45) is 10.4 Å². The number of alkyl halides is 1. The van der Waals surface area contributed by atoms with Crippen molar-refractivity contribution in [1.82, 2.24) is 15.5 Å². The molecule has 7 nitrogen and oxygen atoms in total. The number of hydrogen-bond donors (Lipinski definition) is 3. The quantitative estimate of drug-likeness (QED) is 0.303. The summed E-state index contributed by atoms with van der Waals surface area (Å²) in [6.45, 7) is 9.12. The molecule has 3 heterocycles. The molecule has 3 aliphatic heterocycles. The number of carbonyl (C=O) groups excluding carboxylic acids is 1. The van der Waals surface area contributed by atoms with Crippen LogP contribution in [-0.2, 0) is 4.74 Å². The Morgan fingerprint density at radius 1 is 1.53 bits per heavy atom. The van der Waals surface area contributed by atoms with Crippen LogP contribution < -0.4 is 10.6 Å². The molecule has 1 spiro atoms. The average molecular weight is 503 g/mol. The Morgan fingerprint density at radius 2 is 2.34 bits per heavy atom. The van der Waals surface area contributed by atoms with Gasteiger partial charge in [0.25, 0.3) is 0 Å². The molecule has 0 radical (unpaired) electrons. The van der Waals surface area contributed by atoms with E-state index in [4.69, 9.17) is 16.3 Å². The Balaban J connectivity index is 1.26. The van der Waals surface area contributed by atoms with Gasteiger partial charge in [0.1, 0.15) is 0 Å². The molecule has 1 aliphatic carbocycles. The van der Waals surface area contributed by atoms with Gasteiger partial charge in [0.05, 0.1) is 28.1 Å². The lowest BCUT2D eigenvalue weighted by Crippen LogP contribution is -2.45. The van der Waals surface area contributed by atoms with Crippen molar-refractivity contribution in [3.8, 4) is 0 Å². The van der Waals surface area contributed by atoms with E-state index in [0.29, 0.717) is 18.1 Å². The maximum Gasteiger partial charge on any atom is 0.323 e. The zero-order valence-corrected chi connectivity index (χ0v) is 21.5. The second-order valence-electron chi connectivity index (χ2n) is 10.0. The van der Waals surface area contributed by atoms with Gasteiger partial charge in [-0.2, -0.15) is 0 Å². The number of rotatable bonds is 5. The van der Waals surface area contributed by atoms with Crippen LogP contribution in [-0.4, -0.2) is 81.0 Å². The second kappa shape index (κ2) is 10.0. The van der Waals surface area contributed by atoms with Gasteiger partial charge in [0, 0.05) is 24.9 Å². The number of nitrogens with zero attached hydrogens (tertiary/aromatic N) is 2. The van der Waals surface area contributed by atoms with Crippen molar-refractivity contribution in [1.29, 1.82) is 0 Å². The van der Waals surface area contributed by atoms with Gasteiger partial charge in [-0.25, -0.2) is 4.79 Å². The Labute approximate surface area is 204 Å². The molecule has 3 N–H and O–H groups in total. The van der Waals surface area contributed by atoms with E-state index in [-0.39, 0.29) is 33.0 Å². The SMILES string of the molecule is CC(C)(C)OC(O)CCSC1CN=C(NC(=O)N2C[C@]3(CCNC3)C3=CC(Cl)CCC32)S1. The summed E-state index contributed by atoms with van der Waals surface area (Å²) in [7, 11) is 0. The molecule has 2 fully saturated rings. The number of amidine groups is 1. The number of likely N-dealkylation sites (tertiary alicyclic amines) is 1. The zero-order valence-electron chi connectivity index (χ0n) is 19.1. The van der Waals surface area contributed by atoms with Crippen LogP contribution in [0.25, 0.3) is 0 Å². The van der Waals surface area contributed by atoms with E-state index in [1.54, 1.807) is 23.5 Å². The van der Waals surface area contributed by atoms with Gasteiger partial charge < -0.3 is 20.1 Å². The number of carbonyl (C=O) groups is 1. The van der Waals surface area contributed by atoms with Crippen molar-refractivity contribution >= 4 is 46.3 Å². The number of amides is 2. The van der Waals surface area contributed by atoms with Gasteiger partial charge in [-0.1, -0.05) is 17.8 Å². The predicted octanol–water partition coefficient (Wildman–Crippen LogP) is 3.37. The minimum atomic E-state index is -0.758. The number of thioether (sulfide) groups is 2. The van der Waals surface area contributed by atoms with Crippen molar-refractivity contribution in [2.45, 2.75) is 74.3 Å². The monoisotopic (exact) mass is 502 g/mol. The summed E-state index contributed by atoms with van der Waals surface area (Å²) < 4.78 is 5.80. The van der Waals surface area contributed by atoms with Crippen LogP contribution >= 0.6 is 35.1 Å². The molecule has 0 aromatic heterocycles. The van der Waals surface area contributed by atoms with E-state index >= 15 is 0 Å². The van der Waals surface area contributed by atoms with Gasteiger partial charge in [0.2, 0.25) is 0 Å². The molecule has 4 aliphatic rings. The van der Waals surface area contributed by atoms with Crippen LogP contribution in [0.4, 0.5) is 4.79 Å². The molecule has 32 heavy (non-hydrogen) atoms. The highest BCUT2D eigenvalue weighted by atomic mass is 35.5. The van der Waals surface area contributed by atoms with Gasteiger partial charge >= 0.3 is 6.03 Å². The summed E-state index contributed by atoms with van der Waals surface area (Å²) in [5, 5.41) is 17.3. The molecule has 180 valence electrons. The summed E-state index contributed by atoms with van der Waals surface area (Å²) in [6.07, 6.45) is 4.91. The largest absolute Gasteiger partial charge is 0.368 e. The predicted molar refractivity (Wildman–Crippen MR) is 134 cm³/mol. The summed E-state index contributed by atoms with van der Waals surface area (Å²) in [4.78, 5) is 19.8. The number of aliphatic hydroxyl groups is 1. The highest BCUT2D eigenvalue weighted by molar-refractivity contribution is 8.25. The number of aliphatic imine (C=N–C) groups is 1. The Hall–Kier alpha value is -0.450. The van der Waals surface area contributed by atoms with Gasteiger partial charge in [-0.05, 0) is 57.9 Å². The van der Waals surface area contributed by atoms with E-state index in [1.807, 2.05) is 25.7 Å². The van der Waals surface area contributed by atoms with Gasteiger partial charge in [-0.3, -0.25) is 10.3 Å². The maximum atomic E-state index is 13.2. The maximum absolute atomic E-state index is 13.2. The average Bonchev–Trinajstić information content (AvgIpc) is 3.42. The molecule has 4 unspecified atom stereocenters. The lowest BCUT2D eigenvalue weighted by molar-refractivity contribution is -0.165. The lowest BCUT2D eigenvalue weighted by Gasteiger charge is -2.30. The molecule has 0 saturated carbocycles. The topological polar surface area (TPSA) is 86.2 Å². The number of urea groups is 1. The fraction of sp³-hybridized carbons (Fsp3) is 0.818. The van der Waals surface area contributed by atoms with Gasteiger partial charge in [0.15, 0.2) is 11.5 Å². The van der Waals surface area contributed by atoms with E-state index in [0.717, 1.165) is 44.6 Å². The first-order valence-corrected chi connectivity index (χ1v) is 13.8. The van der Waals surface area contributed by atoms with E-state index < -0.39 is 6.29 Å². The van der Waals surface area contributed by atoms with Crippen LogP contribution in [0, 0.1) is 5.41 Å². The first kappa shape index (κ1) is 24.7.